The third-order valence-corrected chi connectivity index (χ3v) is 3.72. The van der Waals surface area contributed by atoms with Gasteiger partial charge >= 0.3 is 5.97 Å². The Kier molecular flexibility index (Phi) is 4.16. The number of esters is 1. The highest BCUT2D eigenvalue weighted by Crippen LogP contribution is 2.38. The lowest BCUT2D eigenvalue weighted by Gasteiger charge is -2.02. The van der Waals surface area contributed by atoms with Crippen LogP contribution in [-0.2, 0) is 4.74 Å². The van der Waals surface area contributed by atoms with E-state index in [1.807, 2.05) is 12.1 Å². The summed E-state index contributed by atoms with van der Waals surface area (Å²) < 4.78 is 17.3. The highest BCUT2D eigenvalue weighted by atomic mass is 127. The number of rotatable bonds is 3. The number of hydrogen-bond donors (Lipinski definition) is 0. The van der Waals surface area contributed by atoms with Gasteiger partial charge in [0.1, 0.15) is 11.3 Å². The molecule has 0 unspecified atom stereocenters. The zero-order valence-electron chi connectivity index (χ0n) is 9.75. The molecule has 0 atom stereocenters. The number of methoxy groups -OCH3 is 1. The molecule has 1 heterocycles. The van der Waals surface area contributed by atoms with Crippen LogP contribution < -0.4 is 4.74 Å². The molecule has 18 heavy (non-hydrogen) atoms. The summed E-state index contributed by atoms with van der Waals surface area (Å²) in [4.78, 5) is 11.7. The van der Waals surface area contributed by atoms with Crippen LogP contribution in [0.1, 0.15) is 17.5 Å². The Hall–Kier alpha value is -0.760. The number of fused-ring (bicyclic) bond motifs is 1. The van der Waals surface area contributed by atoms with Crippen molar-refractivity contribution in [3.63, 3.8) is 0 Å². The molecular formula is C12H10BrIO4. The van der Waals surface area contributed by atoms with Gasteiger partial charge in [0.15, 0.2) is 0 Å². The van der Waals surface area contributed by atoms with Crippen LogP contribution in [0.2, 0.25) is 0 Å². The SMILES string of the molecule is CCOC(=O)c1oc2cc(I)cc(OC)c2c1Br. The normalized spacial score (nSPS) is 10.7. The summed E-state index contributed by atoms with van der Waals surface area (Å²) in [6.07, 6.45) is 0. The lowest BCUT2D eigenvalue weighted by atomic mass is 10.2. The molecule has 0 saturated heterocycles. The Morgan fingerprint density at radius 2 is 2.22 bits per heavy atom. The van der Waals surface area contributed by atoms with Crippen molar-refractivity contribution in [2.75, 3.05) is 13.7 Å². The molecule has 0 spiro atoms. The monoisotopic (exact) mass is 424 g/mol. The van der Waals surface area contributed by atoms with Crippen LogP contribution >= 0.6 is 38.5 Å². The van der Waals surface area contributed by atoms with E-state index in [2.05, 4.69) is 38.5 Å². The molecule has 0 radical (unpaired) electrons. The first-order valence-corrected chi connectivity index (χ1v) is 7.08. The quantitative estimate of drug-likeness (QED) is 0.552. The van der Waals surface area contributed by atoms with Gasteiger partial charge in [0.25, 0.3) is 0 Å². The van der Waals surface area contributed by atoms with Crippen LogP contribution in [0.4, 0.5) is 0 Å². The molecule has 1 aromatic heterocycles. The molecule has 2 rings (SSSR count). The van der Waals surface area contributed by atoms with Crippen LogP contribution in [0.3, 0.4) is 0 Å². The van der Waals surface area contributed by atoms with Gasteiger partial charge in [0.05, 0.1) is 23.6 Å². The molecule has 0 saturated carbocycles. The maximum atomic E-state index is 11.7. The van der Waals surface area contributed by atoms with Gasteiger partial charge in [0, 0.05) is 3.57 Å². The summed E-state index contributed by atoms with van der Waals surface area (Å²) in [5, 5.41) is 0.737. The minimum absolute atomic E-state index is 0.159. The van der Waals surface area contributed by atoms with E-state index in [0.29, 0.717) is 22.4 Å². The second-order valence-electron chi connectivity index (χ2n) is 3.45. The average molecular weight is 425 g/mol. The van der Waals surface area contributed by atoms with Gasteiger partial charge in [-0.15, -0.1) is 0 Å². The smallest absolute Gasteiger partial charge is 0.375 e. The van der Waals surface area contributed by atoms with Crippen molar-refractivity contribution in [3.8, 4) is 5.75 Å². The molecule has 0 aliphatic carbocycles. The molecule has 0 aliphatic heterocycles. The molecule has 0 aliphatic rings. The molecule has 1 aromatic carbocycles. The Bertz CT molecular complexity index is 606. The van der Waals surface area contributed by atoms with Crippen LogP contribution in [0.25, 0.3) is 11.0 Å². The van der Waals surface area contributed by atoms with Gasteiger partial charge in [0.2, 0.25) is 5.76 Å². The van der Waals surface area contributed by atoms with Gasteiger partial charge in [-0.2, -0.15) is 0 Å². The molecule has 0 amide bonds. The molecule has 96 valence electrons. The topological polar surface area (TPSA) is 48.7 Å². The van der Waals surface area contributed by atoms with Crippen molar-refractivity contribution < 1.29 is 18.7 Å². The lowest BCUT2D eigenvalue weighted by Crippen LogP contribution is -2.03. The van der Waals surface area contributed by atoms with Gasteiger partial charge in [-0.3, -0.25) is 0 Å². The predicted octanol–water partition coefficient (Wildman–Crippen LogP) is 3.99. The first-order chi connectivity index (χ1) is 8.58. The summed E-state index contributed by atoms with van der Waals surface area (Å²) >= 11 is 5.52. The summed E-state index contributed by atoms with van der Waals surface area (Å²) in [5.41, 5.74) is 0.591. The first-order valence-electron chi connectivity index (χ1n) is 5.21. The fraction of sp³-hybridized carbons (Fsp3) is 0.250. The van der Waals surface area contributed by atoms with Crippen molar-refractivity contribution in [1.29, 1.82) is 0 Å². The summed E-state index contributed by atoms with van der Waals surface area (Å²) in [5.74, 6) is 0.327. The molecule has 0 N–H and O–H groups in total. The van der Waals surface area contributed by atoms with E-state index in [4.69, 9.17) is 13.9 Å². The lowest BCUT2D eigenvalue weighted by molar-refractivity contribution is 0.0491. The highest BCUT2D eigenvalue weighted by Gasteiger charge is 2.22. The number of furan rings is 1. The number of carbonyl (C=O) groups is 1. The van der Waals surface area contributed by atoms with E-state index in [9.17, 15) is 4.79 Å². The zero-order valence-corrected chi connectivity index (χ0v) is 13.5. The van der Waals surface area contributed by atoms with Gasteiger partial charge in [-0.25, -0.2) is 4.79 Å². The number of carbonyl (C=O) groups excluding carboxylic acids is 1. The second-order valence-corrected chi connectivity index (χ2v) is 5.49. The minimum atomic E-state index is -0.488. The van der Waals surface area contributed by atoms with Gasteiger partial charge in [-0.05, 0) is 57.6 Å². The predicted molar refractivity (Wildman–Crippen MR) is 79.1 cm³/mol. The van der Waals surface area contributed by atoms with Crippen molar-refractivity contribution in [3.05, 3.63) is 25.9 Å². The first kappa shape index (κ1) is 13.7. The third-order valence-electron chi connectivity index (χ3n) is 2.34. The van der Waals surface area contributed by atoms with Crippen LogP contribution in [-0.4, -0.2) is 19.7 Å². The van der Waals surface area contributed by atoms with E-state index in [-0.39, 0.29) is 5.76 Å². The van der Waals surface area contributed by atoms with Crippen molar-refractivity contribution in [1.82, 2.24) is 0 Å². The Morgan fingerprint density at radius 3 is 2.83 bits per heavy atom. The largest absolute Gasteiger partial charge is 0.496 e. The van der Waals surface area contributed by atoms with Crippen LogP contribution in [0, 0.1) is 3.57 Å². The van der Waals surface area contributed by atoms with Gasteiger partial charge in [-0.1, -0.05) is 0 Å². The summed E-state index contributed by atoms with van der Waals surface area (Å²) in [6.45, 7) is 2.05. The van der Waals surface area contributed by atoms with E-state index < -0.39 is 5.97 Å². The number of halogens is 2. The number of ether oxygens (including phenoxy) is 2. The Labute approximate surface area is 126 Å². The van der Waals surface area contributed by atoms with Crippen molar-refractivity contribution in [2.24, 2.45) is 0 Å². The molecule has 6 heteroatoms. The fourth-order valence-electron chi connectivity index (χ4n) is 1.61. The minimum Gasteiger partial charge on any atom is -0.496 e. The second kappa shape index (κ2) is 5.48. The zero-order chi connectivity index (χ0) is 13.3. The number of benzene rings is 1. The van der Waals surface area contributed by atoms with Crippen molar-refractivity contribution in [2.45, 2.75) is 6.92 Å². The standard InChI is InChI=1S/C12H10BrIO4/c1-3-17-12(15)11-10(13)9-7(16-2)4-6(14)5-8(9)18-11/h4-5H,3H2,1-2H3. The molecule has 4 nitrogen and oxygen atoms in total. The van der Waals surface area contributed by atoms with Crippen molar-refractivity contribution >= 4 is 55.5 Å². The Balaban J connectivity index is 2.66. The highest BCUT2D eigenvalue weighted by molar-refractivity contribution is 14.1. The van der Waals surface area contributed by atoms with E-state index >= 15 is 0 Å². The maximum absolute atomic E-state index is 11.7. The van der Waals surface area contributed by atoms with Gasteiger partial charge < -0.3 is 13.9 Å². The maximum Gasteiger partial charge on any atom is 0.375 e. The summed E-state index contributed by atoms with van der Waals surface area (Å²) in [6, 6.07) is 3.71. The molecule has 0 fully saturated rings. The van der Waals surface area contributed by atoms with E-state index in [1.165, 1.54) is 0 Å². The molecule has 2 aromatic rings. The Morgan fingerprint density at radius 1 is 1.50 bits per heavy atom. The molecular weight excluding hydrogens is 415 g/mol. The third kappa shape index (κ3) is 2.35. The van der Waals surface area contributed by atoms with E-state index in [1.54, 1.807) is 14.0 Å². The average Bonchev–Trinajstić information content (AvgIpc) is 2.66. The van der Waals surface area contributed by atoms with Crippen LogP contribution in [0.15, 0.2) is 21.0 Å². The van der Waals surface area contributed by atoms with E-state index in [0.717, 1.165) is 8.96 Å². The number of hydrogen-bond acceptors (Lipinski definition) is 4. The summed E-state index contributed by atoms with van der Waals surface area (Å²) in [7, 11) is 1.58. The molecule has 0 bridgehead atoms. The fourth-order valence-corrected chi connectivity index (χ4v) is 2.81. The van der Waals surface area contributed by atoms with Crippen LogP contribution in [0.5, 0.6) is 5.75 Å².